The smallest absolute Gasteiger partial charge is 0.309 e. The number of terminal acetylenes is 1. The number of rotatable bonds is 2. The molecule has 0 N–H and O–H groups in total. The molecule has 0 atom stereocenters. The fourth-order valence-corrected chi connectivity index (χ4v) is 1.57. The molecule has 1 saturated carbocycles. The van der Waals surface area contributed by atoms with Crippen LogP contribution in [0.1, 0.15) is 32.1 Å². The fraction of sp³-hybridized carbons (Fsp3) is 0.700. The molecule has 1 fully saturated rings. The molecule has 12 heavy (non-hydrogen) atoms. The maximum Gasteiger partial charge on any atom is 0.309 e. The lowest BCUT2D eigenvalue weighted by Crippen LogP contribution is -2.20. The van der Waals surface area contributed by atoms with Gasteiger partial charge in [0.05, 0.1) is 5.92 Å². The van der Waals surface area contributed by atoms with Gasteiger partial charge in [-0.2, -0.15) is 0 Å². The van der Waals surface area contributed by atoms with Crippen molar-refractivity contribution in [1.29, 1.82) is 0 Å². The second kappa shape index (κ2) is 4.82. The van der Waals surface area contributed by atoms with E-state index in [1.54, 1.807) is 0 Å². The third kappa shape index (κ3) is 2.58. The van der Waals surface area contributed by atoms with Gasteiger partial charge in [0, 0.05) is 0 Å². The average Bonchev–Trinajstić information content (AvgIpc) is 2.15. The van der Waals surface area contributed by atoms with E-state index in [1.807, 2.05) is 0 Å². The Hall–Kier alpha value is -0.970. The van der Waals surface area contributed by atoms with Gasteiger partial charge in [0.1, 0.15) is 0 Å². The lowest BCUT2D eigenvalue weighted by atomic mass is 9.89. The summed E-state index contributed by atoms with van der Waals surface area (Å²) in [5.74, 6) is 2.31. The Labute approximate surface area is 73.3 Å². The van der Waals surface area contributed by atoms with Gasteiger partial charge in [-0.3, -0.25) is 4.79 Å². The Kier molecular flexibility index (Phi) is 3.66. The SMILES string of the molecule is C#CCOC(=O)C1CCCCC1. The highest BCUT2D eigenvalue weighted by atomic mass is 16.5. The van der Waals surface area contributed by atoms with E-state index in [1.165, 1.54) is 6.42 Å². The van der Waals surface area contributed by atoms with Crippen LogP contribution < -0.4 is 0 Å². The van der Waals surface area contributed by atoms with Crippen molar-refractivity contribution in [3.63, 3.8) is 0 Å². The molecule has 0 aromatic heterocycles. The van der Waals surface area contributed by atoms with Crippen LogP contribution in [0.4, 0.5) is 0 Å². The van der Waals surface area contributed by atoms with Crippen molar-refractivity contribution in [3.8, 4) is 12.3 Å². The van der Waals surface area contributed by atoms with Crippen LogP contribution in [0, 0.1) is 18.3 Å². The molecule has 0 spiro atoms. The molecule has 0 aromatic carbocycles. The third-order valence-corrected chi connectivity index (χ3v) is 2.24. The molecular weight excluding hydrogens is 152 g/mol. The molecule has 0 aliphatic heterocycles. The Bertz CT molecular complexity index is 185. The molecule has 0 unspecified atom stereocenters. The molecule has 0 heterocycles. The van der Waals surface area contributed by atoms with Gasteiger partial charge >= 0.3 is 5.97 Å². The van der Waals surface area contributed by atoms with Crippen molar-refractivity contribution in [2.45, 2.75) is 32.1 Å². The van der Waals surface area contributed by atoms with Crippen molar-refractivity contribution in [1.82, 2.24) is 0 Å². The van der Waals surface area contributed by atoms with Crippen molar-refractivity contribution in [2.24, 2.45) is 5.92 Å². The number of carbonyl (C=O) groups is 1. The van der Waals surface area contributed by atoms with Gasteiger partial charge in [-0.1, -0.05) is 25.2 Å². The number of hydrogen-bond acceptors (Lipinski definition) is 2. The summed E-state index contributed by atoms with van der Waals surface area (Å²) in [6.07, 6.45) is 10.5. The summed E-state index contributed by atoms with van der Waals surface area (Å²) in [5.41, 5.74) is 0. The van der Waals surface area contributed by atoms with E-state index in [0.717, 1.165) is 25.7 Å². The first-order chi connectivity index (χ1) is 5.84. The van der Waals surface area contributed by atoms with Crippen LogP contribution in [-0.4, -0.2) is 12.6 Å². The first kappa shape index (κ1) is 9.12. The van der Waals surface area contributed by atoms with E-state index in [9.17, 15) is 4.79 Å². The summed E-state index contributed by atoms with van der Waals surface area (Å²) in [5, 5.41) is 0. The molecule has 2 nitrogen and oxygen atoms in total. The van der Waals surface area contributed by atoms with E-state index >= 15 is 0 Å². The number of esters is 1. The second-order valence-corrected chi connectivity index (χ2v) is 3.15. The molecule has 0 saturated heterocycles. The molecule has 1 rings (SSSR count). The third-order valence-electron chi connectivity index (χ3n) is 2.24. The van der Waals surface area contributed by atoms with Crippen molar-refractivity contribution < 1.29 is 9.53 Å². The summed E-state index contributed by atoms with van der Waals surface area (Å²) >= 11 is 0. The van der Waals surface area contributed by atoms with E-state index in [4.69, 9.17) is 11.2 Å². The lowest BCUT2D eigenvalue weighted by Gasteiger charge is -2.19. The first-order valence-corrected chi connectivity index (χ1v) is 4.44. The summed E-state index contributed by atoms with van der Waals surface area (Å²) < 4.78 is 4.86. The summed E-state index contributed by atoms with van der Waals surface area (Å²) in [7, 11) is 0. The molecule has 0 amide bonds. The van der Waals surface area contributed by atoms with E-state index in [0.29, 0.717) is 0 Å². The van der Waals surface area contributed by atoms with Crippen LogP contribution >= 0.6 is 0 Å². The zero-order chi connectivity index (χ0) is 8.81. The topological polar surface area (TPSA) is 26.3 Å². The summed E-state index contributed by atoms with van der Waals surface area (Å²) in [6, 6.07) is 0. The average molecular weight is 166 g/mol. The quantitative estimate of drug-likeness (QED) is 0.461. The van der Waals surface area contributed by atoms with Crippen LogP contribution in [0.5, 0.6) is 0 Å². The van der Waals surface area contributed by atoms with Crippen LogP contribution in [0.3, 0.4) is 0 Å². The minimum absolute atomic E-state index is 0.104. The molecule has 66 valence electrons. The molecule has 0 radical (unpaired) electrons. The first-order valence-electron chi connectivity index (χ1n) is 4.44. The van der Waals surface area contributed by atoms with Gasteiger partial charge in [-0.15, -0.1) is 6.42 Å². The Balaban J connectivity index is 2.26. The van der Waals surface area contributed by atoms with Crippen molar-refractivity contribution >= 4 is 5.97 Å². The van der Waals surface area contributed by atoms with E-state index in [-0.39, 0.29) is 18.5 Å². The number of ether oxygens (including phenoxy) is 1. The normalized spacial score (nSPS) is 18.2. The van der Waals surface area contributed by atoms with Gasteiger partial charge < -0.3 is 4.74 Å². The van der Waals surface area contributed by atoms with E-state index < -0.39 is 0 Å². The Morgan fingerprint density at radius 2 is 2.08 bits per heavy atom. The second-order valence-electron chi connectivity index (χ2n) is 3.15. The van der Waals surface area contributed by atoms with Gasteiger partial charge in [0.25, 0.3) is 0 Å². The minimum atomic E-state index is -0.104. The lowest BCUT2D eigenvalue weighted by molar-refractivity contribution is -0.148. The minimum Gasteiger partial charge on any atom is -0.452 e. The van der Waals surface area contributed by atoms with Crippen LogP contribution in [0.25, 0.3) is 0 Å². The molecule has 1 aliphatic rings. The van der Waals surface area contributed by atoms with Crippen LogP contribution in [0.15, 0.2) is 0 Å². The zero-order valence-electron chi connectivity index (χ0n) is 7.21. The predicted molar refractivity (Wildman–Crippen MR) is 46.4 cm³/mol. The molecule has 0 bridgehead atoms. The van der Waals surface area contributed by atoms with Crippen LogP contribution in [0.2, 0.25) is 0 Å². The van der Waals surface area contributed by atoms with Gasteiger partial charge in [0.15, 0.2) is 6.61 Å². The van der Waals surface area contributed by atoms with Gasteiger partial charge in [0.2, 0.25) is 0 Å². The molecule has 1 aliphatic carbocycles. The maximum absolute atomic E-state index is 11.2. The number of carbonyl (C=O) groups excluding carboxylic acids is 1. The molecule has 0 aromatic rings. The number of hydrogen-bond donors (Lipinski definition) is 0. The largest absolute Gasteiger partial charge is 0.452 e. The van der Waals surface area contributed by atoms with Crippen molar-refractivity contribution in [2.75, 3.05) is 6.61 Å². The highest BCUT2D eigenvalue weighted by Gasteiger charge is 2.21. The maximum atomic E-state index is 11.2. The van der Waals surface area contributed by atoms with Crippen LogP contribution in [-0.2, 0) is 9.53 Å². The van der Waals surface area contributed by atoms with Gasteiger partial charge in [-0.25, -0.2) is 0 Å². The predicted octanol–water partition coefficient (Wildman–Crippen LogP) is 1.74. The Morgan fingerprint density at radius 1 is 1.42 bits per heavy atom. The zero-order valence-corrected chi connectivity index (χ0v) is 7.21. The summed E-state index contributed by atoms with van der Waals surface area (Å²) in [6.45, 7) is 0.120. The molecular formula is C10H14O2. The highest BCUT2D eigenvalue weighted by Crippen LogP contribution is 2.24. The van der Waals surface area contributed by atoms with E-state index in [2.05, 4.69) is 5.92 Å². The Morgan fingerprint density at radius 3 is 2.67 bits per heavy atom. The summed E-state index contributed by atoms with van der Waals surface area (Å²) in [4.78, 5) is 11.2. The standard InChI is InChI=1S/C10H14O2/c1-2-8-12-10(11)9-6-4-3-5-7-9/h1,9H,3-8H2. The highest BCUT2D eigenvalue weighted by molar-refractivity contribution is 5.72. The van der Waals surface area contributed by atoms with Gasteiger partial charge in [-0.05, 0) is 12.8 Å². The monoisotopic (exact) mass is 166 g/mol. The van der Waals surface area contributed by atoms with Crippen molar-refractivity contribution in [3.05, 3.63) is 0 Å². The fourth-order valence-electron chi connectivity index (χ4n) is 1.57. The molecule has 2 heteroatoms.